The van der Waals surface area contributed by atoms with Gasteiger partial charge >= 0.3 is 0 Å². The van der Waals surface area contributed by atoms with Gasteiger partial charge in [-0.15, -0.1) is 0 Å². The van der Waals surface area contributed by atoms with Gasteiger partial charge < -0.3 is 20.5 Å². The van der Waals surface area contributed by atoms with Gasteiger partial charge in [-0.1, -0.05) is 19.1 Å². The second-order valence-electron chi connectivity index (χ2n) is 5.48. The number of rotatable bonds is 5. The van der Waals surface area contributed by atoms with Crippen LogP contribution in [0.1, 0.15) is 19.8 Å². The quantitative estimate of drug-likeness (QED) is 0.817. The maximum Gasteiger partial charge on any atom is 0.237 e. The molecule has 0 radical (unpaired) electrons. The zero-order valence-corrected chi connectivity index (χ0v) is 13.3. The number of anilines is 1. The second kappa shape index (κ2) is 5.89. The van der Waals surface area contributed by atoms with Crippen LogP contribution in [0.2, 0.25) is 0 Å². The number of hydrogen-bond donors (Lipinski definition) is 2. The molecule has 1 aliphatic rings. The monoisotopic (exact) mass is 308 g/mol. The van der Waals surface area contributed by atoms with Crippen LogP contribution in [0.3, 0.4) is 0 Å². The maximum absolute atomic E-state index is 12.6. The third kappa shape index (κ3) is 2.81. The molecule has 21 heavy (non-hydrogen) atoms. The molecule has 0 bridgehead atoms. The van der Waals surface area contributed by atoms with Gasteiger partial charge in [0.25, 0.3) is 0 Å². The normalized spacial score (nSPS) is 23.9. The maximum atomic E-state index is 12.6. The lowest BCUT2D eigenvalue weighted by Crippen LogP contribution is -2.53. The van der Waals surface area contributed by atoms with Gasteiger partial charge in [-0.05, 0) is 30.9 Å². The summed E-state index contributed by atoms with van der Waals surface area (Å²) >= 11 is 5.09. The van der Waals surface area contributed by atoms with Crippen LogP contribution in [0.15, 0.2) is 18.2 Å². The fraction of sp³-hybridized carbons (Fsp3) is 0.467. The lowest BCUT2D eigenvalue weighted by atomic mass is 9.62. The summed E-state index contributed by atoms with van der Waals surface area (Å²) in [4.78, 5) is 12.8. The van der Waals surface area contributed by atoms with Crippen LogP contribution in [0.5, 0.6) is 11.5 Å². The van der Waals surface area contributed by atoms with Gasteiger partial charge in [0, 0.05) is 6.07 Å². The summed E-state index contributed by atoms with van der Waals surface area (Å²) in [7, 11) is 3.11. The first-order valence-corrected chi connectivity index (χ1v) is 7.17. The van der Waals surface area contributed by atoms with Gasteiger partial charge in [0.15, 0.2) is 0 Å². The number of methoxy groups -OCH3 is 2. The summed E-state index contributed by atoms with van der Waals surface area (Å²) in [6.07, 6.45) is 1.37. The third-order valence-electron chi connectivity index (χ3n) is 3.96. The Morgan fingerprint density at radius 1 is 1.38 bits per heavy atom. The number of hydrogen-bond acceptors (Lipinski definition) is 4. The smallest absolute Gasteiger partial charge is 0.237 e. The van der Waals surface area contributed by atoms with Crippen molar-refractivity contribution in [3.8, 4) is 11.5 Å². The molecule has 114 valence electrons. The van der Waals surface area contributed by atoms with Crippen LogP contribution in [0, 0.1) is 11.3 Å². The Morgan fingerprint density at radius 3 is 2.52 bits per heavy atom. The van der Waals surface area contributed by atoms with Gasteiger partial charge in [0.1, 0.15) is 11.5 Å². The summed E-state index contributed by atoms with van der Waals surface area (Å²) < 4.78 is 10.4. The molecular formula is C15H20N2O3S. The molecule has 6 heteroatoms. The van der Waals surface area contributed by atoms with Crippen molar-refractivity contribution in [3.05, 3.63) is 18.2 Å². The molecule has 0 aromatic heterocycles. The minimum atomic E-state index is -0.736. The fourth-order valence-electron chi connectivity index (χ4n) is 2.77. The summed E-state index contributed by atoms with van der Waals surface area (Å²) in [6.45, 7) is 2.08. The highest BCUT2D eigenvalue weighted by Gasteiger charge is 2.51. The molecule has 1 fully saturated rings. The zero-order chi connectivity index (χ0) is 15.6. The Morgan fingerprint density at radius 2 is 2.05 bits per heavy atom. The molecule has 0 heterocycles. The standard InChI is InChI=1S/C15H20N2O3S/c1-9-7-15(8-9,13(16)21)14(18)17-11-5-4-10(19-2)6-12(11)20-3/h4-6,9H,7-8H2,1-3H3,(H2,16,21)(H,17,18). The number of amides is 1. The number of nitrogens with two attached hydrogens (primary N) is 1. The Hall–Kier alpha value is -1.82. The average Bonchev–Trinajstić information content (AvgIpc) is 2.43. The number of carbonyl (C=O) groups excluding carboxylic acids is 1. The molecule has 0 aliphatic heterocycles. The predicted octanol–water partition coefficient (Wildman–Crippen LogP) is 2.34. The van der Waals surface area contributed by atoms with Crippen LogP contribution in [0.25, 0.3) is 0 Å². The Balaban J connectivity index is 2.21. The lowest BCUT2D eigenvalue weighted by Gasteiger charge is -2.44. The third-order valence-corrected chi connectivity index (χ3v) is 4.35. The van der Waals surface area contributed by atoms with Gasteiger partial charge in [-0.25, -0.2) is 0 Å². The summed E-state index contributed by atoms with van der Waals surface area (Å²) in [5, 5.41) is 2.87. The highest BCUT2D eigenvalue weighted by molar-refractivity contribution is 7.80. The average molecular weight is 308 g/mol. The van der Waals surface area contributed by atoms with E-state index in [0.29, 0.717) is 35.9 Å². The van der Waals surface area contributed by atoms with E-state index in [1.54, 1.807) is 32.4 Å². The molecular weight excluding hydrogens is 288 g/mol. The molecule has 1 aliphatic carbocycles. The minimum absolute atomic E-state index is 0.170. The first-order valence-electron chi connectivity index (χ1n) is 6.76. The highest BCUT2D eigenvalue weighted by atomic mass is 32.1. The van der Waals surface area contributed by atoms with Crippen molar-refractivity contribution in [2.24, 2.45) is 17.1 Å². The van der Waals surface area contributed by atoms with Crippen molar-refractivity contribution in [2.75, 3.05) is 19.5 Å². The van der Waals surface area contributed by atoms with Crippen molar-refractivity contribution in [1.29, 1.82) is 0 Å². The molecule has 1 aromatic rings. The second-order valence-corrected chi connectivity index (χ2v) is 5.92. The van der Waals surface area contributed by atoms with Crippen molar-refractivity contribution in [3.63, 3.8) is 0 Å². The van der Waals surface area contributed by atoms with E-state index in [1.807, 2.05) is 0 Å². The Bertz CT molecular complexity index is 568. The van der Waals surface area contributed by atoms with E-state index in [-0.39, 0.29) is 10.9 Å². The predicted molar refractivity (Wildman–Crippen MR) is 85.8 cm³/mol. The number of nitrogens with one attached hydrogen (secondary N) is 1. The van der Waals surface area contributed by atoms with E-state index in [9.17, 15) is 4.79 Å². The van der Waals surface area contributed by atoms with Crippen molar-refractivity contribution in [2.45, 2.75) is 19.8 Å². The van der Waals surface area contributed by atoms with E-state index in [0.717, 1.165) is 0 Å². The molecule has 5 nitrogen and oxygen atoms in total. The minimum Gasteiger partial charge on any atom is -0.497 e. The van der Waals surface area contributed by atoms with E-state index in [4.69, 9.17) is 27.4 Å². The summed E-state index contributed by atoms with van der Waals surface area (Å²) in [5.41, 5.74) is 5.63. The van der Waals surface area contributed by atoms with E-state index < -0.39 is 5.41 Å². The molecule has 0 atom stereocenters. The Labute approximate surface area is 129 Å². The molecule has 3 N–H and O–H groups in total. The SMILES string of the molecule is COc1ccc(NC(=O)C2(C(N)=S)CC(C)C2)c(OC)c1. The molecule has 0 unspecified atom stereocenters. The highest BCUT2D eigenvalue weighted by Crippen LogP contribution is 2.47. The van der Waals surface area contributed by atoms with Crippen LogP contribution in [0.4, 0.5) is 5.69 Å². The number of ether oxygens (including phenoxy) is 2. The molecule has 2 rings (SSSR count). The van der Waals surface area contributed by atoms with Crippen LogP contribution in [-0.4, -0.2) is 25.1 Å². The van der Waals surface area contributed by atoms with Crippen molar-refractivity contribution in [1.82, 2.24) is 0 Å². The zero-order valence-electron chi connectivity index (χ0n) is 12.4. The van der Waals surface area contributed by atoms with Crippen molar-refractivity contribution < 1.29 is 14.3 Å². The topological polar surface area (TPSA) is 73.6 Å². The first kappa shape index (κ1) is 15.6. The Kier molecular flexibility index (Phi) is 4.37. The van der Waals surface area contributed by atoms with E-state index >= 15 is 0 Å². The van der Waals surface area contributed by atoms with Crippen LogP contribution < -0.4 is 20.5 Å². The first-order chi connectivity index (χ1) is 9.92. The fourth-order valence-corrected chi connectivity index (χ4v) is 3.03. The van der Waals surface area contributed by atoms with Gasteiger partial charge in [-0.3, -0.25) is 4.79 Å². The molecule has 1 amide bonds. The van der Waals surface area contributed by atoms with Gasteiger partial charge in [0.2, 0.25) is 5.91 Å². The summed E-state index contributed by atoms with van der Waals surface area (Å²) in [5.74, 6) is 1.48. The number of carbonyl (C=O) groups is 1. The molecule has 1 saturated carbocycles. The van der Waals surface area contributed by atoms with Gasteiger partial charge in [0.05, 0.1) is 30.3 Å². The summed E-state index contributed by atoms with van der Waals surface area (Å²) in [6, 6.07) is 5.21. The van der Waals surface area contributed by atoms with Crippen LogP contribution >= 0.6 is 12.2 Å². The van der Waals surface area contributed by atoms with Crippen molar-refractivity contribution >= 4 is 28.8 Å². The molecule has 0 spiro atoms. The van der Waals surface area contributed by atoms with E-state index in [1.165, 1.54) is 0 Å². The largest absolute Gasteiger partial charge is 0.497 e. The van der Waals surface area contributed by atoms with E-state index in [2.05, 4.69) is 12.2 Å². The molecule has 0 saturated heterocycles. The lowest BCUT2D eigenvalue weighted by molar-refractivity contribution is -0.127. The number of benzene rings is 1. The van der Waals surface area contributed by atoms with Gasteiger partial charge in [-0.2, -0.15) is 0 Å². The molecule has 1 aromatic carbocycles. The number of thiocarbonyl (C=S) groups is 1. The van der Waals surface area contributed by atoms with Crippen LogP contribution in [-0.2, 0) is 4.79 Å².